The average molecular weight is 284 g/mol. The van der Waals surface area contributed by atoms with Gasteiger partial charge in [-0.25, -0.2) is 0 Å². The summed E-state index contributed by atoms with van der Waals surface area (Å²) in [6.45, 7) is 6.48. The van der Waals surface area contributed by atoms with Crippen molar-refractivity contribution in [1.82, 2.24) is 5.32 Å². The average Bonchev–Trinajstić information content (AvgIpc) is 2.40. The third-order valence-electron chi connectivity index (χ3n) is 3.89. The van der Waals surface area contributed by atoms with Crippen molar-refractivity contribution in [2.24, 2.45) is 5.41 Å². The van der Waals surface area contributed by atoms with Crippen LogP contribution in [0.2, 0.25) is 5.02 Å². The topological polar surface area (TPSA) is 49.3 Å². The first-order chi connectivity index (χ1) is 8.98. The van der Waals surface area contributed by atoms with E-state index in [1.165, 1.54) is 0 Å². The van der Waals surface area contributed by atoms with Crippen LogP contribution in [0.4, 0.5) is 0 Å². The van der Waals surface area contributed by atoms with Crippen molar-refractivity contribution in [2.75, 3.05) is 13.2 Å². The highest BCUT2D eigenvalue weighted by atomic mass is 35.5. The largest absolute Gasteiger partial charge is 0.396 e. The van der Waals surface area contributed by atoms with Crippen LogP contribution in [-0.4, -0.2) is 24.2 Å². The van der Waals surface area contributed by atoms with Gasteiger partial charge in [0.25, 0.3) is 5.91 Å². The van der Waals surface area contributed by atoms with E-state index in [-0.39, 0.29) is 17.9 Å². The van der Waals surface area contributed by atoms with E-state index < -0.39 is 0 Å². The molecule has 0 atom stereocenters. The Morgan fingerprint density at radius 1 is 1.37 bits per heavy atom. The number of hydrogen-bond donors (Lipinski definition) is 2. The number of halogens is 1. The highest BCUT2D eigenvalue weighted by Gasteiger charge is 2.26. The molecule has 2 N–H and O–H groups in total. The van der Waals surface area contributed by atoms with Crippen LogP contribution in [0.5, 0.6) is 0 Å². The predicted octanol–water partition coefficient (Wildman–Crippen LogP) is 3.18. The lowest BCUT2D eigenvalue weighted by Crippen LogP contribution is -2.39. The van der Waals surface area contributed by atoms with E-state index in [0.717, 1.165) is 18.4 Å². The van der Waals surface area contributed by atoms with Crippen LogP contribution < -0.4 is 5.32 Å². The van der Waals surface area contributed by atoms with Gasteiger partial charge in [0.15, 0.2) is 0 Å². The summed E-state index contributed by atoms with van der Waals surface area (Å²) in [6.07, 6.45) is 1.67. The summed E-state index contributed by atoms with van der Waals surface area (Å²) >= 11 is 5.87. The van der Waals surface area contributed by atoms with Crippen molar-refractivity contribution in [3.05, 3.63) is 34.3 Å². The van der Waals surface area contributed by atoms with Crippen LogP contribution in [0.15, 0.2) is 18.2 Å². The van der Waals surface area contributed by atoms with Gasteiger partial charge >= 0.3 is 0 Å². The fourth-order valence-electron chi connectivity index (χ4n) is 2.02. The first-order valence-corrected chi connectivity index (χ1v) is 7.01. The molecule has 0 spiro atoms. The van der Waals surface area contributed by atoms with E-state index in [4.69, 9.17) is 11.6 Å². The number of amides is 1. The number of benzene rings is 1. The van der Waals surface area contributed by atoms with Gasteiger partial charge in [-0.1, -0.05) is 25.4 Å². The highest BCUT2D eigenvalue weighted by molar-refractivity contribution is 6.30. The summed E-state index contributed by atoms with van der Waals surface area (Å²) in [5, 5.41) is 13.0. The second kappa shape index (κ2) is 6.92. The van der Waals surface area contributed by atoms with E-state index in [2.05, 4.69) is 5.32 Å². The third kappa shape index (κ3) is 3.95. The second-order valence-corrected chi connectivity index (χ2v) is 5.44. The summed E-state index contributed by atoms with van der Waals surface area (Å²) in [5.74, 6) is -0.117. The number of aryl methyl sites for hydroxylation is 1. The number of aliphatic hydroxyl groups excluding tert-OH is 1. The Morgan fingerprint density at radius 3 is 2.47 bits per heavy atom. The normalized spacial score (nSPS) is 11.4. The first-order valence-electron chi connectivity index (χ1n) is 6.63. The third-order valence-corrected chi connectivity index (χ3v) is 4.13. The van der Waals surface area contributed by atoms with Gasteiger partial charge in [0.05, 0.1) is 6.61 Å². The van der Waals surface area contributed by atoms with Crippen molar-refractivity contribution in [1.29, 1.82) is 0 Å². The van der Waals surface area contributed by atoms with Crippen molar-refractivity contribution < 1.29 is 9.90 Å². The number of carbonyl (C=O) groups excluding carboxylic acids is 1. The van der Waals surface area contributed by atoms with Gasteiger partial charge in [0, 0.05) is 22.5 Å². The van der Waals surface area contributed by atoms with Crippen LogP contribution in [0.3, 0.4) is 0 Å². The van der Waals surface area contributed by atoms with Crippen molar-refractivity contribution in [3.8, 4) is 0 Å². The molecule has 3 nitrogen and oxygen atoms in total. The zero-order valence-electron chi connectivity index (χ0n) is 11.8. The Morgan fingerprint density at radius 2 is 2.00 bits per heavy atom. The molecule has 0 saturated heterocycles. The molecule has 0 aliphatic rings. The molecule has 106 valence electrons. The lowest BCUT2D eigenvalue weighted by molar-refractivity contribution is 0.0850. The van der Waals surface area contributed by atoms with Gasteiger partial charge in [-0.15, -0.1) is 0 Å². The van der Waals surface area contributed by atoms with Gasteiger partial charge in [0.1, 0.15) is 0 Å². The lowest BCUT2D eigenvalue weighted by Gasteiger charge is -2.29. The molecule has 19 heavy (non-hydrogen) atoms. The quantitative estimate of drug-likeness (QED) is 0.842. The van der Waals surface area contributed by atoms with Gasteiger partial charge in [0.2, 0.25) is 0 Å². The minimum absolute atomic E-state index is 0.0832. The monoisotopic (exact) mass is 283 g/mol. The lowest BCUT2D eigenvalue weighted by atomic mass is 9.83. The number of hydrogen-bond acceptors (Lipinski definition) is 2. The Balaban J connectivity index is 2.75. The minimum atomic E-state index is -0.226. The molecule has 4 heteroatoms. The molecule has 1 amide bonds. The van der Waals surface area contributed by atoms with Crippen LogP contribution >= 0.6 is 11.6 Å². The van der Waals surface area contributed by atoms with Gasteiger partial charge in [-0.3, -0.25) is 4.79 Å². The van der Waals surface area contributed by atoms with Crippen LogP contribution in [-0.2, 0) is 0 Å². The number of rotatable bonds is 6. The maximum absolute atomic E-state index is 12.1. The summed E-state index contributed by atoms with van der Waals surface area (Å²) < 4.78 is 0. The SMILES string of the molecule is CCC(CC)(CO)CNC(=O)c1ccc(Cl)cc1C. The maximum atomic E-state index is 12.1. The maximum Gasteiger partial charge on any atom is 0.251 e. The van der Waals surface area contributed by atoms with Crippen LogP contribution in [0.25, 0.3) is 0 Å². The molecule has 0 heterocycles. The molecule has 0 aliphatic heterocycles. The van der Waals surface area contributed by atoms with E-state index >= 15 is 0 Å². The minimum Gasteiger partial charge on any atom is -0.396 e. The van der Waals surface area contributed by atoms with Gasteiger partial charge in [-0.2, -0.15) is 0 Å². The van der Waals surface area contributed by atoms with Crippen molar-refractivity contribution in [2.45, 2.75) is 33.6 Å². The Bertz CT molecular complexity index is 434. The van der Waals surface area contributed by atoms with Crippen molar-refractivity contribution in [3.63, 3.8) is 0 Å². The molecule has 0 bridgehead atoms. The molecular weight excluding hydrogens is 262 g/mol. The zero-order chi connectivity index (χ0) is 14.5. The molecule has 0 aliphatic carbocycles. The number of aliphatic hydroxyl groups is 1. The highest BCUT2D eigenvalue weighted by Crippen LogP contribution is 2.24. The van der Waals surface area contributed by atoms with E-state index in [1.807, 2.05) is 20.8 Å². The fourth-order valence-corrected chi connectivity index (χ4v) is 2.25. The van der Waals surface area contributed by atoms with E-state index in [9.17, 15) is 9.90 Å². The molecule has 0 fully saturated rings. The molecule has 1 aromatic carbocycles. The summed E-state index contributed by atoms with van der Waals surface area (Å²) in [5.41, 5.74) is 1.26. The Labute approximate surface area is 120 Å². The summed E-state index contributed by atoms with van der Waals surface area (Å²) in [6, 6.07) is 5.21. The summed E-state index contributed by atoms with van der Waals surface area (Å²) in [4.78, 5) is 12.1. The predicted molar refractivity (Wildman–Crippen MR) is 78.6 cm³/mol. The van der Waals surface area contributed by atoms with E-state index in [0.29, 0.717) is 17.1 Å². The van der Waals surface area contributed by atoms with Gasteiger partial charge in [-0.05, 0) is 43.5 Å². The van der Waals surface area contributed by atoms with Crippen LogP contribution in [0, 0.1) is 12.3 Å². The van der Waals surface area contributed by atoms with E-state index in [1.54, 1.807) is 18.2 Å². The number of carbonyl (C=O) groups is 1. The summed E-state index contributed by atoms with van der Waals surface area (Å²) in [7, 11) is 0. The molecular formula is C15H22ClNO2. The molecule has 0 aromatic heterocycles. The second-order valence-electron chi connectivity index (χ2n) is 5.01. The zero-order valence-corrected chi connectivity index (χ0v) is 12.5. The molecule has 0 saturated carbocycles. The standard InChI is InChI=1S/C15H22ClNO2/c1-4-15(5-2,10-18)9-17-14(19)13-7-6-12(16)8-11(13)3/h6-8,18H,4-5,9-10H2,1-3H3,(H,17,19). The molecule has 1 aromatic rings. The smallest absolute Gasteiger partial charge is 0.251 e. The first kappa shape index (κ1) is 16.0. The Kier molecular flexibility index (Phi) is 5.83. The molecule has 0 radical (unpaired) electrons. The number of nitrogens with one attached hydrogen (secondary N) is 1. The van der Waals surface area contributed by atoms with Crippen molar-refractivity contribution >= 4 is 17.5 Å². The molecule has 1 rings (SSSR count). The Hall–Kier alpha value is -1.06. The fraction of sp³-hybridized carbons (Fsp3) is 0.533. The molecule has 0 unspecified atom stereocenters. The van der Waals surface area contributed by atoms with Gasteiger partial charge < -0.3 is 10.4 Å². The van der Waals surface area contributed by atoms with Crippen LogP contribution in [0.1, 0.15) is 42.6 Å².